The molecule has 192 valence electrons. The summed E-state index contributed by atoms with van der Waals surface area (Å²) in [5, 5.41) is 6.82. The summed E-state index contributed by atoms with van der Waals surface area (Å²) in [6.45, 7) is 4.90. The summed E-state index contributed by atoms with van der Waals surface area (Å²) in [6, 6.07) is 11.1. The van der Waals surface area contributed by atoms with Crippen molar-refractivity contribution >= 4 is 46.9 Å². The minimum atomic E-state index is -1.24. The molecule has 2 aliphatic heterocycles. The SMILES string of the molecule is CN1Cc2c(Cl)cc(Cl)cc2C(c2ccc(NC(=O)NCCCC3C(=O)OC(C)(C)OC3=O)cc2)C1. The molecule has 1 fully saturated rings. The standard InChI is InChI=1S/C26H29Cl2N3O5/c1-26(2)35-23(32)18(24(33)36-26)5-4-10-29-25(34)30-17-8-6-15(7-9-17)20-13-31(3)14-21-19(20)11-16(27)12-22(21)28/h6-9,11-12,18,20H,4-5,10,13-14H2,1-3H3,(H2,29,30,34). The normalized spacial score (nSPS) is 19.8. The monoisotopic (exact) mass is 533 g/mol. The number of carbonyl (C=O) groups excluding carboxylic acids is 3. The molecule has 0 aromatic heterocycles. The van der Waals surface area contributed by atoms with Gasteiger partial charge in [-0.2, -0.15) is 0 Å². The Labute approximate surface area is 220 Å². The Balaban J connectivity index is 1.29. The van der Waals surface area contributed by atoms with Crippen molar-refractivity contribution in [2.45, 2.75) is 44.9 Å². The molecule has 2 amide bonds. The van der Waals surface area contributed by atoms with E-state index < -0.39 is 23.6 Å². The number of halogens is 2. The minimum Gasteiger partial charge on any atom is -0.422 e. The number of cyclic esters (lactones) is 2. The molecule has 2 aromatic carbocycles. The quantitative estimate of drug-likeness (QED) is 0.310. The first-order chi connectivity index (χ1) is 17.0. The molecular formula is C26H29Cl2N3O5. The Bertz CT molecular complexity index is 1150. The van der Waals surface area contributed by atoms with Crippen LogP contribution in [-0.2, 0) is 25.6 Å². The summed E-state index contributed by atoms with van der Waals surface area (Å²) in [7, 11) is 2.06. The van der Waals surface area contributed by atoms with Crippen molar-refractivity contribution in [1.82, 2.24) is 10.2 Å². The second kappa shape index (κ2) is 10.7. The molecule has 2 N–H and O–H groups in total. The highest BCUT2D eigenvalue weighted by Crippen LogP contribution is 2.38. The lowest BCUT2D eigenvalue weighted by molar-refractivity contribution is -0.240. The lowest BCUT2D eigenvalue weighted by Crippen LogP contribution is -2.46. The van der Waals surface area contributed by atoms with E-state index in [-0.39, 0.29) is 24.9 Å². The van der Waals surface area contributed by atoms with Gasteiger partial charge in [0.05, 0.1) is 0 Å². The Hall–Kier alpha value is -2.81. The van der Waals surface area contributed by atoms with Crippen molar-refractivity contribution in [2.75, 3.05) is 25.5 Å². The molecule has 0 bridgehead atoms. The first-order valence-corrected chi connectivity index (χ1v) is 12.5. The molecule has 2 aromatic rings. The number of esters is 2. The molecule has 1 saturated heterocycles. The van der Waals surface area contributed by atoms with Gasteiger partial charge in [-0.05, 0) is 60.8 Å². The number of hydrogen-bond donors (Lipinski definition) is 2. The lowest BCUT2D eigenvalue weighted by atomic mass is 9.85. The third-order valence-electron chi connectivity index (χ3n) is 6.28. The average molecular weight is 534 g/mol. The van der Waals surface area contributed by atoms with Crippen molar-refractivity contribution in [3.05, 3.63) is 63.1 Å². The molecule has 1 atom stereocenters. The Morgan fingerprint density at radius 1 is 1.11 bits per heavy atom. The van der Waals surface area contributed by atoms with Crippen LogP contribution in [0.1, 0.15) is 49.3 Å². The first kappa shape index (κ1) is 26.3. The first-order valence-electron chi connectivity index (χ1n) is 11.8. The van der Waals surface area contributed by atoms with Crippen LogP contribution in [0, 0.1) is 5.92 Å². The third kappa shape index (κ3) is 6.11. The molecule has 1 unspecified atom stereocenters. The van der Waals surface area contributed by atoms with Gasteiger partial charge >= 0.3 is 18.0 Å². The molecule has 0 radical (unpaired) electrons. The maximum Gasteiger partial charge on any atom is 0.323 e. The number of nitrogens with zero attached hydrogens (tertiary/aromatic N) is 1. The molecule has 8 nitrogen and oxygen atoms in total. The largest absolute Gasteiger partial charge is 0.422 e. The van der Waals surface area contributed by atoms with Crippen LogP contribution in [0.25, 0.3) is 0 Å². The zero-order valence-electron chi connectivity index (χ0n) is 20.4. The number of carbonyl (C=O) groups is 3. The van der Waals surface area contributed by atoms with Crippen LogP contribution in [0.2, 0.25) is 10.0 Å². The van der Waals surface area contributed by atoms with E-state index in [2.05, 4.69) is 22.6 Å². The topological polar surface area (TPSA) is 97.0 Å². The van der Waals surface area contributed by atoms with Crippen molar-refractivity contribution in [3.8, 4) is 0 Å². The summed E-state index contributed by atoms with van der Waals surface area (Å²) in [6.07, 6.45) is 0.648. The number of ether oxygens (including phenoxy) is 2. The Morgan fingerprint density at radius 2 is 1.78 bits per heavy atom. The highest BCUT2D eigenvalue weighted by atomic mass is 35.5. The van der Waals surface area contributed by atoms with Crippen LogP contribution in [0.5, 0.6) is 0 Å². The number of amides is 2. The smallest absolute Gasteiger partial charge is 0.323 e. The number of benzene rings is 2. The highest BCUT2D eigenvalue weighted by Gasteiger charge is 2.42. The third-order valence-corrected chi connectivity index (χ3v) is 6.84. The second-order valence-corrected chi connectivity index (χ2v) is 10.5. The molecule has 2 heterocycles. The molecule has 10 heteroatoms. The number of rotatable bonds is 6. The number of nitrogens with one attached hydrogen (secondary N) is 2. The van der Waals surface area contributed by atoms with Crippen LogP contribution in [0.4, 0.5) is 10.5 Å². The van der Waals surface area contributed by atoms with Crippen LogP contribution < -0.4 is 10.6 Å². The summed E-state index contributed by atoms with van der Waals surface area (Å²) in [5.41, 5.74) is 3.95. The molecular weight excluding hydrogens is 505 g/mol. The lowest BCUT2D eigenvalue weighted by Gasteiger charge is -2.33. The predicted octanol–water partition coefficient (Wildman–Crippen LogP) is 4.92. The van der Waals surface area contributed by atoms with Crippen LogP contribution in [0.3, 0.4) is 0 Å². The summed E-state index contributed by atoms with van der Waals surface area (Å²) in [5.74, 6) is -3.30. The van der Waals surface area contributed by atoms with Crippen molar-refractivity contribution in [2.24, 2.45) is 5.92 Å². The van der Waals surface area contributed by atoms with Gasteiger partial charge < -0.3 is 25.0 Å². The summed E-state index contributed by atoms with van der Waals surface area (Å²) < 4.78 is 10.2. The van der Waals surface area contributed by atoms with E-state index in [0.717, 1.165) is 29.8 Å². The fourth-order valence-electron chi connectivity index (χ4n) is 4.59. The molecule has 0 saturated carbocycles. The van der Waals surface area contributed by atoms with E-state index in [9.17, 15) is 14.4 Å². The number of hydrogen-bond acceptors (Lipinski definition) is 6. The summed E-state index contributed by atoms with van der Waals surface area (Å²) >= 11 is 12.7. The van der Waals surface area contributed by atoms with Crippen molar-refractivity contribution < 1.29 is 23.9 Å². The molecule has 0 aliphatic carbocycles. The number of fused-ring (bicyclic) bond motifs is 1. The maximum absolute atomic E-state index is 12.3. The Kier molecular flexibility index (Phi) is 7.78. The molecule has 0 spiro atoms. The van der Waals surface area contributed by atoms with Crippen LogP contribution in [-0.4, -0.2) is 48.8 Å². The maximum atomic E-state index is 12.3. The molecule has 2 aliphatic rings. The van der Waals surface area contributed by atoms with E-state index in [1.807, 2.05) is 30.3 Å². The molecule has 36 heavy (non-hydrogen) atoms. The van der Waals surface area contributed by atoms with Crippen molar-refractivity contribution in [1.29, 1.82) is 0 Å². The van der Waals surface area contributed by atoms with Crippen molar-refractivity contribution in [3.63, 3.8) is 0 Å². The van der Waals surface area contributed by atoms with E-state index in [1.54, 1.807) is 6.07 Å². The van der Waals surface area contributed by atoms with E-state index in [1.165, 1.54) is 13.8 Å². The van der Waals surface area contributed by atoms with E-state index in [4.69, 9.17) is 32.7 Å². The zero-order valence-corrected chi connectivity index (χ0v) is 21.9. The van der Waals surface area contributed by atoms with Gasteiger partial charge in [-0.1, -0.05) is 35.3 Å². The highest BCUT2D eigenvalue weighted by molar-refractivity contribution is 6.35. The van der Waals surface area contributed by atoms with Gasteiger partial charge in [0.1, 0.15) is 0 Å². The molecule has 4 rings (SSSR count). The number of anilines is 1. The Morgan fingerprint density at radius 3 is 2.44 bits per heavy atom. The van der Waals surface area contributed by atoms with Gasteiger partial charge in [0.25, 0.3) is 5.79 Å². The van der Waals surface area contributed by atoms with Gasteiger partial charge in [-0.25, -0.2) is 4.79 Å². The van der Waals surface area contributed by atoms with Gasteiger partial charge in [-0.15, -0.1) is 0 Å². The number of likely N-dealkylation sites (N-methyl/N-ethyl adjacent to an activating group) is 1. The van der Waals surface area contributed by atoms with E-state index in [0.29, 0.717) is 22.2 Å². The predicted molar refractivity (Wildman–Crippen MR) is 137 cm³/mol. The number of urea groups is 1. The van der Waals surface area contributed by atoms with Gasteiger partial charge in [0, 0.05) is 55.1 Å². The fourth-order valence-corrected chi connectivity index (χ4v) is 5.16. The van der Waals surface area contributed by atoms with Gasteiger partial charge in [0.15, 0.2) is 5.92 Å². The zero-order chi connectivity index (χ0) is 26.0. The average Bonchev–Trinajstić information content (AvgIpc) is 2.78. The fraction of sp³-hybridized carbons (Fsp3) is 0.423. The minimum absolute atomic E-state index is 0.113. The summed E-state index contributed by atoms with van der Waals surface area (Å²) in [4.78, 5) is 38.6. The van der Waals surface area contributed by atoms with Crippen LogP contribution in [0.15, 0.2) is 36.4 Å². The van der Waals surface area contributed by atoms with Crippen LogP contribution >= 0.6 is 23.2 Å². The van der Waals surface area contributed by atoms with Gasteiger partial charge in [-0.3, -0.25) is 9.59 Å². The second-order valence-electron chi connectivity index (χ2n) is 9.64. The van der Waals surface area contributed by atoms with Gasteiger partial charge in [0.2, 0.25) is 0 Å². The van der Waals surface area contributed by atoms with E-state index >= 15 is 0 Å².